The minimum atomic E-state index is -0.182. The average molecular weight is 549 g/mol. The summed E-state index contributed by atoms with van der Waals surface area (Å²) in [4.78, 5) is 13.5. The third kappa shape index (κ3) is 5.41. The van der Waals surface area contributed by atoms with Gasteiger partial charge in [0.1, 0.15) is 11.5 Å². The molecule has 0 saturated heterocycles. The van der Waals surface area contributed by atoms with Crippen LogP contribution in [0, 0.1) is 6.92 Å². The first-order valence-electron chi connectivity index (χ1n) is 13.2. The molecule has 0 aromatic heterocycles. The molecule has 1 aliphatic rings. The molecule has 6 heteroatoms. The van der Waals surface area contributed by atoms with Crippen LogP contribution in [0.1, 0.15) is 38.5 Å². The molecular formula is C35H32O6. The minimum absolute atomic E-state index is 0.174. The zero-order valence-corrected chi connectivity index (χ0v) is 23.8. The Hall–Kier alpha value is -4.97. The summed E-state index contributed by atoms with van der Waals surface area (Å²) in [6.07, 6.45) is 3.44. The van der Waals surface area contributed by atoms with Crippen LogP contribution in [0.25, 0.3) is 5.76 Å². The standard InChI is InChI=1S/C35H32O6/c1-22-10-6-7-11-25(22)34-26-12-8-9-13-29(26)41-35(24-15-19-31(38-3)33(21-24)40-5)27(34)16-17-28(36)23-14-18-30(37-2)32(20-23)39-4/h6-21,34H,1-5H3/t34-/m1/s1. The summed E-state index contributed by atoms with van der Waals surface area (Å²) in [5, 5.41) is 0. The van der Waals surface area contributed by atoms with E-state index in [1.165, 1.54) is 0 Å². The number of hydrogen-bond acceptors (Lipinski definition) is 6. The highest BCUT2D eigenvalue weighted by Gasteiger charge is 2.31. The number of rotatable bonds is 9. The Morgan fingerprint density at radius 2 is 1.32 bits per heavy atom. The summed E-state index contributed by atoms with van der Waals surface area (Å²) in [5.74, 6) is 3.28. The lowest BCUT2D eigenvalue weighted by Crippen LogP contribution is -2.16. The Morgan fingerprint density at radius 3 is 2.00 bits per heavy atom. The van der Waals surface area contributed by atoms with Crippen molar-refractivity contribution in [2.75, 3.05) is 28.4 Å². The minimum Gasteiger partial charge on any atom is -0.493 e. The molecule has 4 aromatic rings. The lowest BCUT2D eigenvalue weighted by molar-refractivity contribution is 0.104. The van der Waals surface area contributed by atoms with Crippen molar-refractivity contribution in [2.24, 2.45) is 0 Å². The van der Waals surface area contributed by atoms with Crippen molar-refractivity contribution in [1.29, 1.82) is 0 Å². The SMILES string of the molecule is COc1ccc(C(=O)C=CC2=C(c3ccc(OC)c(OC)c3)Oc3ccccc3[C@H]2c2ccccc2C)cc1OC. The fraction of sp³-hybridized carbons (Fsp3) is 0.171. The van der Waals surface area contributed by atoms with E-state index in [-0.39, 0.29) is 11.7 Å². The van der Waals surface area contributed by atoms with Crippen LogP contribution in [0.3, 0.4) is 0 Å². The van der Waals surface area contributed by atoms with E-state index in [0.29, 0.717) is 34.3 Å². The van der Waals surface area contributed by atoms with Gasteiger partial charge in [0.2, 0.25) is 0 Å². The van der Waals surface area contributed by atoms with Gasteiger partial charge in [0.15, 0.2) is 28.8 Å². The summed E-state index contributed by atoms with van der Waals surface area (Å²) >= 11 is 0. The smallest absolute Gasteiger partial charge is 0.185 e. The molecule has 1 aliphatic heterocycles. The second kappa shape index (κ2) is 12.0. The summed E-state index contributed by atoms with van der Waals surface area (Å²) in [5.41, 5.74) is 5.41. The van der Waals surface area contributed by atoms with E-state index >= 15 is 0 Å². The monoisotopic (exact) mass is 548 g/mol. The topological polar surface area (TPSA) is 63.2 Å². The van der Waals surface area contributed by atoms with E-state index in [1.54, 1.807) is 52.7 Å². The number of carbonyl (C=O) groups excluding carboxylic acids is 1. The molecule has 0 bridgehead atoms. The Morgan fingerprint density at radius 1 is 0.707 bits per heavy atom. The van der Waals surface area contributed by atoms with Gasteiger partial charge in [-0.2, -0.15) is 0 Å². The number of benzene rings is 4. The number of fused-ring (bicyclic) bond motifs is 1. The average Bonchev–Trinajstić information content (AvgIpc) is 3.02. The second-order valence-corrected chi connectivity index (χ2v) is 9.55. The van der Waals surface area contributed by atoms with Gasteiger partial charge < -0.3 is 23.7 Å². The summed E-state index contributed by atoms with van der Waals surface area (Å²) < 4.78 is 28.4. The molecule has 5 rings (SSSR count). The van der Waals surface area contributed by atoms with Gasteiger partial charge in [-0.3, -0.25) is 4.79 Å². The highest BCUT2D eigenvalue weighted by atomic mass is 16.5. The molecule has 4 aromatic carbocycles. The molecule has 0 saturated carbocycles. The van der Waals surface area contributed by atoms with E-state index in [4.69, 9.17) is 23.7 Å². The zero-order valence-electron chi connectivity index (χ0n) is 23.8. The van der Waals surface area contributed by atoms with Crippen molar-refractivity contribution in [3.63, 3.8) is 0 Å². The fourth-order valence-electron chi connectivity index (χ4n) is 5.15. The molecule has 41 heavy (non-hydrogen) atoms. The molecule has 1 heterocycles. The lowest BCUT2D eigenvalue weighted by Gasteiger charge is -2.31. The third-order valence-corrected chi connectivity index (χ3v) is 7.24. The largest absolute Gasteiger partial charge is 0.493 e. The van der Waals surface area contributed by atoms with Crippen LogP contribution in [0.15, 0.2) is 103 Å². The lowest BCUT2D eigenvalue weighted by atomic mass is 9.79. The van der Waals surface area contributed by atoms with Crippen LogP contribution in [0.4, 0.5) is 0 Å². The molecule has 0 spiro atoms. The summed E-state index contributed by atoms with van der Waals surface area (Å²) in [7, 11) is 6.32. The van der Waals surface area contributed by atoms with Gasteiger partial charge in [-0.25, -0.2) is 0 Å². The van der Waals surface area contributed by atoms with Gasteiger partial charge in [0.25, 0.3) is 0 Å². The van der Waals surface area contributed by atoms with Crippen molar-refractivity contribution in [1.82, 2.24) is 0 Å². The Bertz CT molecular complexity index is 1650. The number of hydrogen-bond donors (Lipinski definition) is 0. The van der Waals surface area contributed by atoms with E-state index < -0.39 is 0 Å². The predicted octanol–water partition coefficient (Wildman–Crippen LogP) is 7.40. The molecule has 0 N–H and O–H groups in total. The number of ketones is 1. The van der Waals surface area contributed by atoms with Crippen molar-refractivity contribution in [2.45, 2.75) is 12.8 Å². The Labute approximate surface area is 240 Å². The molecule has 6 nitrogen and oxygen atoms in total. The van der Waals surface area contributed by atoms with E-state index in [9.17, 15) is 4.79 Å². The van der Waals surface area contributed by atoms with Gasteiger partial charge in [-0.15, -0.1) is 0 Å². The highest BCUT2D eigenvalue weighted by molar-refractivity contribution is 6.05. The van der Waals surface area contributed by atoms with Gasteiger partial charge in [0.05, 0.1) is 28.4 Å². The second-order valence-electron chi connectivity index (χ2n) is 9.55. The number of ether oxygens (including phenoxy) is 5. The van der Waals surface area contributed by atoms with Crippen molar-refractivity contribution >= 4 is 11.5 Å². The van der Waals surface area contributed by atoms with Crippen LogP contribution < -0.4 is 23.7 Å². The van der Waals surface area contributed by atoms with Crippen LogP contribution in [-0.2, 0) is 0 Å². The maximum Gasteiger partial charge on any atom is 0.185 e. The van der Waals surface area contributed by atoms with Crippen LogP contribution in [0.2, 0.25) is 0 Å². The summed E-state index contributed by atoms with van der Waals surface area (Å²) in [6, 6.07) is 27.1. The zero-order chi connectivity index (χ0) is 28.9. The molecule has 0 amide bonds. The Balaban J connectivity index is 1.70. The number of para-hydroxylation sites is 1. The number of aryl methyl sites for hydroxylation is 1. The van der Waals surface area contributed by atoms with Crippen molar-refractivity contribution < 1.29 is 28.5 Å². The first-order valence-corrected chi connectivity index (χ1v) is 13.2. The molecule has 208 valence electrons. The first kappa shape index (κ1) is 27.6. The van der Waals surface area contributed by atoms with Gasteiger partial charge in [-0.05, 0) is 66.6 Å². The molecule has 0 unspecified atom stereocenters. The fourth-order valence-corrected chi connectivity index (χ4v) is 5.15. The van der Waals surface area contributed by atoms with Crippen LogP contribution in [0.5, 0.6) is 28.7 Å². The predicted molar refractivity (Wildman–Crippen MR) is 160 cm³/mol. The number of methoxy groups -OCH3 is 4. The van der Waals surface area contributed by atoms with Crippen molar-refractivity contribution in [3.05, 3.63) is 130 Å². The number of allylic oxidation sites excluding steroid dienone is 3. The maximum atomic E-state index is 13.5. The van der Waals surface area contributed by atoms with Gasteiger partial charge in [0, 0.05) is 28.2 Å². The highest BCUT2D eigenvalue weighted by Crippen LogP contribution is 2.47. The van der Waals surface area contributed by atoms with Gasteiger partial charge >= 0.3 is 0 Å². The molecule has 0 radical (unpaired) electrons. The first-order chi connectivity index (χ1) is 20.0. The van der Waals surface area contributed by atoms with Gasteiger partial charge in [-0.1, -0.05) is 48.5 Å². The van der Waals surface area contributed by atoms with E-state index in [2.05, 4.69) is 25.1 Å². The summed E-state index contributed by atoms with van der Waals surface area (Å²) in [6.45, 7) is 2.10. The number of carbonyl (C=O) groups is 1. The molecule has 1 atom stereocenters. The van der Waals surface area contributed by atoms with Crippen molar-refractivity contribution in [3.8, 4) is 28.7 Å². The molecule has 0 aliphatic carbocycles. The third-order valence-electron chi connectivity index (χ3n) is 7.24. The Kier molecular flexibility index (Phi) is 8.11. The molecule has 0 fully saturated rings. The van der Waals surface area contributed by atoms with Crippen LogP contribution >= 0.6 is 0 Å². The molecular weight excluding hydrogens is 516 g/mol. The maximum absolute atomic E-state index is 13.5. The quantitative estimate of drug-likeness (QED) is 0.160. The normalized spacial score (nSPS) is 14.3. The van der Waals surface area contributed by atoms with E-state index in [1.807, 2.05) is 54.6 Å². The van der Waals surface area contributed by atoms with E-state index in [0.717, 1.165) is 33.6 Å². The van der Waals surface area contributed by atoms with Crippen LogP contribution in [-0.4, -0.2) is 34.2 Å².